The molecule has 2 aromatic carbocycles. The van der Waals surface area contributed by atoms with Crippen LogP contribution in [0.4, 0.5) is 5.13 Å². The predicted molar refractivity (Wildman–Crippen MR) is 160 cm³/mol. The van der Waals surface area contributed by atoms with E-state index in [0.29, 0.717) is 23.9 Å². The maximum atomic E-state index is 12.9. The van der Waals surface area contributed by atoms with Crippen molar-refractivity contribution in [2.24, 2.45) is 0 Å². The highest BCUT2D eigenvalue weighted by Crippen LogP contribution is 2.35. The number of hydrogen-bond donors (Lipinski definition) is 2. The van der Waals surface area contributed by atoms with E-state index in [0.717, 1.165) is 29.9 Å². The van der Waals surface area contributed by atoms with E-state index in [1.165, 1.54) is 55.9 Å². The molecule has 0 atom stereocenters. The zero-order valence-electron chi connectivity index (χ0n) is 22.6. The van der Waals surface area contributed by atoms with Crippen LogP contribution in [-0.4, -0.2) is 49.4 Å². The molecule has 40 heavy (non-hydrogen) atoms. The summed E-state index contributed by atoms with van der Waals surface area (Å²) in [6.07, 6.45) is 6.59. The van der Waals surface area contributed by atoms with E-state index in [-0.39, 0.29) is 26.9 Å². The molecule has 1 amide bonds. The number of benzene rings is 2. The van der Waals surface area contributed by atoms with Crippen molar-refractivity contribution in [1.29, 1.82) is 0 Å². The number of rotatable bonds is 15. The van der Waals surface area contributed by atoms with Gasteiger partial charge in [-0.05, 0) is 42.7 Å². The van der Waals surface area contributed by atoms with E-state index >= 15 is 0 Å². The molecule has 8 nitrogen and oxygen atoms in total. The molecule has 0 aliphatic carbocycles. The normalized spacial score (nSPS) is 11.4. The van der Waals surface area contributed by atoms with Crippen molar-refractivity contribution in [1.82, 2.24) is 4.98 Å². The number of carboxylic acid groups (broad SMARTS) is 1. The molecule has 0 aliphatic rings. The number of carboxylic acids is 1. The van der Waals surface area contributed by atoms with Gasteiger partial charge in [0.15, 0.2) is 5.13 Å². The lowest BCUT2D eigenvalue weighted by Crippen LogP contribution is -2.12. The predicted octanol–water partition coefficient (Wildman–Crippen LogP) is 7.59. The molecule has 1 heterocycles. The largest absolute Gasteiger partial charge is 0.496 e. The van der Waals surface area contributed by atoms with Crippen LogP contribution in [0.2, 0.25) is 10.0 Å². The smallest absolute Gasteiger partial charge is 0.371 e. The van der Waals surface area contributed by atoms with Gasteiger partial charge >= 0.3 is 5.97 Å². The summed E-state index contributed by atoms with van der Waals surface area (Å²) in [7, 11) is 2.85. The lowest BCUT2D eigenvalue weighted by Gasteiger charge is -2.13. The third kappa shape index (κ3) is 8.44. The molecule has 0 saturated heterocycles. The monoisotopic (exact) mass is 606 g/mol. The van der Waals surface area contributed by atoms with Gasteiger partial charge in [-0.2, -0.15) is 0 Å². The number of nitrogens with one attached hydrogen (secondary N) is 1. The second-order valence-electron chi connectivity index (χ2n) is 8.78. The number of para-hydroxylation sites is 1. The molecule has 0 spiro atoms. The molecular weight excluding hydrogens is 575 g/mol. The highest BCUT2D eigenvalue weighted by atomic mass is 35.5. The van der Waals surface area contributed by atoms with Crippen molar-refractivity contribution in [2.45, 2.75) is 39.0 Å². The minimum Gasteiger partial charge on any atom is -0.496 e. The van der Waals surface area contributed by atoms with E-state index in [1.54, 1.807) is 7.11 Å². The second-order valence-corrected chi connectivity index (χ2v) is 10.5. The van der Waals surface area contributed by atoms with Gasteiger partial charge in [-0.3, -0.25) is 10.1 Å². The number of carbonyl (C=O) groups excluding carboxylic acids is 1. The van der Waals surface area contributed by atoms with Crippen LogP contribution >= 0.6 is 34.5 Å². The summed E-state index contributed by atoms with van der Waals surface area (Å²) in [5.74, 6) is -1.36. The van der Waals surface area contributed by atoms with Crippen molar-refractivity contribution >= 4 is 57.6 Å². The number of anilines is 1. The molecule has 0 aliphatic heterocycles. The number of amides is 1. The summed E-state index contributed by atoms with van der Waals surface area (Å²) in [6.45, 7) is 3.55. The van der Waals surface area contributed by atoms with Gasteiger partial charge in [0.2, 0.25) is 5.76 Å². The topological polar surface area (TPSA) is 107 Å². The maximum absolute atomic E-state index is 12.9. The van der Waals surface area contributed by atoms with Gasteiger partial charge in [-0.25, -0.2) is 9.78 Å². The van der Waals surface area contributed by atoms with Crippen molar-refractivity contribution in [3.05, 3.63) is 68.2 Å². The van der Waals surface area contributed by atoms with Gasteiger partial charge in [-0.15, -0.1) is 11.3 Å². The van der Waals surface area contributed by atoms with Gasteiger partial charge in [0.05, 0.1) is 36.6 Å². The minimum absolute atomic E-state index is 0.0970. The molecular formula is C29H32Cl2N2O6S. The number of nitrogens with zero attached hydrogens (tertiary/aromatic N) is 1. The zero-order chi connectivity index (χ0) is 29.1. The molecule has 11 heteroatoms. The molecule has 2 N–H and O–H groups in total. The number of hydrogen-bond acceptors (Lipinski definition) is 7. The Morgan fingerprint density at radius 1 is 1.10 bits per heavy atom. The van der Waals surface area contributed by atoms with Gasteiger partial charge < -0.3 is 19.3 Å². The van der Waals surface area contributed by atoms with E-state index < -0.39 is 11.9 Å². The fourth-order valence-electron chi connectivity index (χ4n) is 3.96. The number of aliphatic carboxylic acids is 1. The number of methoxy groups -OCH3 is 2. The van der Waals surface area contributed by atoms with Crippen LogP contribution < -0.4 is 10.1 Å². The van der Waals surface area contributed by atoms with Crippen LogP contribution in [0.25, 0.3) is 17.3 Å². The Bertz CT molecular complexity index is 1340. The summed E-state index contributed by atoms with van der Waals surface area (Å²) in [5, 5.41) is 14.4. The number of thiazole rings is 1. The quantitative estimate of drug-likeness (QED) is 0.104. The standard InChI is InChI=1S/C29H32Cl2N2O6S/c1-4-5-6-7-12-39-13-11-18-9-8-10-20(26(18)38-3)24-17-40-29(32-24)33-27(34)19-14-22(30)21(23(31)15-19)16-25(37-2)28(35)36/h8-10,14-17H,4-7,11-13H2,1-3H3,(H,35,36)(H,32,33,34)/b25-16-. The van der Waals surface area contributed by atoms with Crippen LogP contribution in [0.15, 0.2) is 41.5 Å². The molecule has 0 fully saturated rings. The molecule has 0 bridgehead atoms. The van der Waals surface area contributed by atoms with E-state index in [4.69, 9.17) is 37.4 Å². The fourth-order valence-corrected chi connectivity index (χ4v) is 5.26. The van der Waals surface area contributed by atoms with Crippen molar-refractivity contribution < 1.29 is 28.9 Å². The van der Waals surface area contributed by atoms with Crippen LogP contribution in [0.5, 0.6) is 5.75 Å². The number of aromatic nitrogens is 1. The Labute approximate surface area is 247 Å². The molecule has 0 radical (unpaired) electrons. The maximum Gasteiger partial charge on any atom is 0.371 e. The molecule has 1 aromatic heterocycles. The van der Waals surface area contributed by atoms with Gasteiger partial charge in [0.1, 0.15) is 5.75 Å². The zero-order valence-corrected chi connectivity index (χ0v) is 24.9. The summed E-state index contributed by atoms with van der Waals surface area (Å²) >= 11 is 13.9. The van der Waals surface area contributed by atoms with E-state index in [2.05, 4.69) is 17.2 Å². The van der Waals surface area contributed by atoms with Gasteiger partial charge in [-0.1, -0.05) is 61.5 Å². The third-order valence-corrected chi connectivity index (χ3v) is 7.39. The molecule has 214 valence electrons. The first-order valence-corrected chi connectivity index (χ1v) is 14.4. The van der Waals surface area contributed by atoms with Gasteiger partial charge in [0, 0.05) is 28.7 Å². The summed E-state index contributed by atoms with van der Waals surface area (Å²) in [4.78, 5) is 28.8. The molecule has 0 unspecified atom stereocenters. The van der Waals surface area contributed by atoms with Crippen LogP contribution in [-0.2, 0) is 20.7 Å². The lowest BCUT2D eigenvalue weighted by molar-refractivity contribution is -0.135. The van der Waals surface area contributed by atoms with E-state index in [9.17, 15) is 14.7 Å². The van der Waals surface area contributed by atoms with Gasteiger partial charge in [0.25, 0.3) is 5.91 Å². The number of unbranched alkanes of at least 4 members (excludes halogenated alkanes) is 3. The van der Waals surface area contributed by atoms with Crippen LogP contribution in [0.1, 0.15) is 54.1 Å². The van der Waals surface area contributed by atoms with Crippen molar-refractivity contribution in [2.75, 3.05) is 32.8 Å². The molecule has 3 rings (SSSR count). The fraction of sp³-hybridized carbons (Fsp3) is 0.345. The first kappa shape index (κ1) is 31.4. The number of ether oxygens (including phenoxy) is 3. The highest BCUT2D eigenvalue weighted by molar-refractivity contribution is 7.14. The summed E-state index contributed by atoms with van der Waals surface area (Å²) in [6, 6.07) is 8.68. The Morgan fingerprint density at radius 3 is 2.50 bits per heavy atom. The second kappa shape index (κ2) is 15.6. The van der Waals surface area contributed by atoms with Crippen molar-refractivity contribution in [3.63, 3.8) is 0 Å². The Balaban J connectivity index is 1.71. The first-order chi connectivity index (χ1) is 19.3. The summed E-state index contributed by atoms with van der Waals surface area (Å²) in [5.41, 5.74) is 2.91. The Kier molecular flexibility index (Phi) is 12.3. The molecule has 3 aromatic rings. The average molecular weight is 608 g/mol. The van der Waals surface area contributed by atoms with E-state index in [1.807, 2.05) is 23.6 Å². The Morgan fingerprint density at radius 2 is 1.85 bits per heavy atom. The lowest BCUT2D eigenvalue weighted by atomic mass is 10.0. The SMILES string of the molecule is CCCCCCOCCc1cccc(-c2csc(NC(=O)c3cc(Cl)c(/C=C(\OC)C(=O)O)c(Cl)c3)n2)c1OC. The third-order valence-electron chi connectivity index (χ3n) is 6.01. The average Bonchev–Trinajstić information content (AvgIpc) is 3.39. The molecule has 0 saturated carbocycles. The Hall–Kier alpha value is -3.11. The minimum atomic E-state index is -1.27. The van der Waals surface area contributed by atoms with Crippen molar-refractivity contribution in [3.8, 4) is 17.0 Å². The highest BCUT2D eigenvalue weighted by Gasteiger charge is 2.18. The number of halogens is 2. The first-order valence-electron chi connectivity index (χ1n) is 12.8. The van der Waals surface area contributed by atoms with Crippen LogP contribution in [0, 0.1) is 0 Å². The number of carbonyl (C=O) groups is 2. The summed E-state index contributed by atoms with van der Waals surface area (Å²) < 4.78 is 16.4. The van der Waals surface area contributed by atoms with Crippen LogP contribution in [0.3, 0.4) is 0 Å².